The summed E-state index contributed by atoms with van der Waals surface area (Å²) in [6.07, 6.45) is -4.26. The number of anilines is 1. The zero-order valence-corrected chi connectivity index (χ0v) is 11.6. The number of halogens is 3. The minimum absolute atomic E-state index is 0.107. The molecule has 1 aliphatic heterocycles. The van der Waals surface area contributed by atoms with Gasteiger partial charge >= 0.3 is 6.18 Å². The molecule has 1 aromatic carbocycles. The normalized spacial score (nSPS) is 19.3. The Labute approximate surface area is 120 Å². The van der Waals surface area contributed by atoms with E-state index in [0.717, 1.165) is 12.1 Å². The molecule has 0 bridgehead atoms. The monoisotopic (exact) mass is 302 g/mol. The van der Waals surface area contributed by atoms with Crippen molar-refractivity contribution in [3.05, 3.63) is 29.3 Å². The van der Waals surface area contributed by atoms with E-state index in [0.29, 0.717) is 25.3 Å². The van der Waals surface area contributed by atoms with E-state index in [1.165, 1.54) is 6.07 Å². The van der Waals surface area contributed by atoms with E-state index in [1.54, 1.807) is 6.92 Å². The molecule has 0 radical (unpaired) electrons. The van der Waals surface area contributed by atoms with Crippen molar-refractivity contribution < 1.29 is 22.7 Å². The highest BCUT2D eigenvalue weighted by atomic mass is 19.4. The number of ether oxygens (including phenoxy) is 1. The van der Waals surface area contributed by atoms with Gasteiger partial charge in [-0.2, -0.15) is 13.2 Å². The predicted octanol–water partition coefficient (Wildman–Crippen LogP) is 2.33. The van der Waals surface area contributed by atoms with E-state index in [-0.39, 0.29) is 24.1 Å². The fourth-order valence-electron chi connectivity index (χ4n) is 2.11. The lowest BCUT2D eigenvalue weighted by Crippen LogP contribution is -2.43. The number of carbonyl (C=O) groups is 1. The maximum absolute atomic E-state index is 12.7. The fraction of sp³-hybridized carbons (Fsp3) is 0.500. The predicted molar refractivity (Wildman–Crippen MR) is 72.0 cm³/mol. The Hall–Kier alpha value is -1.60. The van der Waals surface area contributed by atoms with Crippen molar-refractivity contribution in [2.45, 2.75) is 25.6 Å². The average Bonchev–Trinajstić information content (AvgIpc) is 2.41. The van der Waals surface area contributed by atoms with Gasteiger partial charge in [0.25, 0.3) is 0 Å². The third-order valence-corrected chi connectivity index (χ3v) is 3.27. The summed E-state index contributed by atoms with van der Waals surface area (Å²) in [4.78, 5) is 11.9. The zero-order chi connectivity index (χ0) is 15.5. The van der Waals surface area contributed by atoms with E-state index in [1.807, 2.05) is 0 Å². The molecular weight excluding hydrogens is 285 g/mol. The van der Waals surface area contributed by atoms with E-state index < -0.39 is 11.7 Å². The van der Waals surface area contributed by atoms with Crippen LogP contribution in [-0.2, 0) is 15.7 Å². The van der Waals surface area contributed by atoms with E-state index in [9.17, 15) is 18.0 Å². The Morgan fingerprint density at radius 2 is 2.24 bits per heavy atom. The van der Waals surface area contributed by atoms with Gasteiger partial charge in [-0.3, -0.25) is 4.79 Å². The van der Waals surface area contributed by atoms with Crippen LogP contribution in [0.25, 0.3) is 0 Å². The summed E-state index contributed by atoms with van der Waals surface area (Å²) >= 11 is 0. The molecule has 1 fully saturated rings. The van der Waals surface area contributed by atoms with Gasteiger partial charge in [-0.1, -0.05) is 6.07 Å². The van der Waals surface area contributed by atoms with Gasteiger partial charge in [-0.25, -0.2) is 0 Å². The number of hydrogen-bond donors (Lipinski definition) is 2. The quantitative estimate of drug-likeness (QED) is 0.901. The number of morpholine rings is 1. The van der Waals surface area contributed by atoms with Crippen LogP contribution in [0.2, 0.25) is 0 Å². The van der Waals surface area contributed by atoms with Crippen LogP contribution in [0.4, 0.5) is 18.9 Å². The van der Waals surface area contributed by atoms with Crippen molar-refractivity contribution in [3.8, 4) is 0 Å². The summed E-state index contributed by atoms with van der Waals surface area (Å²) in [5.41, 5.74) is -0.00159. The van der Waals surface area contributed by atoms with Crippen LogP contribution in [0.5, 0.6) is 0 Å². The zero-order valence-electron chi connectivity index (χ0n) is 11.6. The molecule has 21 heavy (non-hydrogen) atoms. The Balaban J connectivity index is 2.02. The number of aryl methyl sites for hydroxylation is 1. The average molecular weight is 302 g/mol. The largest absolute Gasteiger partial charge is 0.416 e. The van der Waals surface area contributed by atoms with Gasteiger partial charge in [-0.15, -0.1) is 0 Å². The molecule has 2 rings (SSSR count). The second kappa shape index (κ2) is 6.44. The number of benzene rings is 1. The number of alkyl halides is 3. The summed E-state index contributed by atoms with van der Waals surface area (Å²) in [5, 5.41) is 5.66. The standard InChI is InChI=1S/C14H17F3N2O2/c1-9-2-3-10(14(15,16)17)6-12(9)19-13(20)7-11-8-21-5-4-18-11/h2-3,6,11,18H,4-5,7-8H2,1H3,(H,19,20). The number of nitrogens with one attached hydrogen (secondary N) is 2. The molecule has 0 aromatic heterocycles. The van der Waals surface area contributed by atoms with Gasteiger partial charge in [0, 0.05) is 24.7 Å². The minimum atomic E-state index is -4.42. The molecule has 1 saturated heterocycles. The van der Waals surface area contributed by atoms with Crippen LogP contribution in [0.3, 0.4) is 0 Å². The highest BCUT2D eigenvalue weighted by Gasteiger charge is 2.31. The molecule has 1 amide bonds. The first-order valence-electron chi connectivity index (χ1n) is 6.65. The van der Waals surface area contributed by atoms with Crippen LogP contribution in [-0.4, -0.2) is 31.7 Å². The fourth-order valence-corrected chi connectivity index (χ4v) is 2.11. The highest BCUT2D eigenvalue weighted by molar-refractivity contribution is 5.92. The van der Waals surface area contributed by atoms with Gasteiger partial charge in [-0.05, 0) is 24.6 Å². The van der Waals surface area contributed by atoms with Crippen molar-refractivity contribution in [2.75, 3.05) is 25.1 Å². The number of amides is 1. The van der Waals surface area contributed by atoms with Crippen LogP contribution >= 0.6 is 0 Å². The molecule has 2 N–H and O–H groups in total. The summed E-state index contributed by atoms with van der Waals surface area (Å²) in [7, 11) is 0. The maximum atomic E-state index is 12.7. The van der Waals surface area contributed by atoms with Crippen LogP contribution in [0.15, 0.2) is 18.2 Å². The first-order valence-corrected chi connectivity index (χ1v) is 6.65. The second-order valence-corrected chi connectivity index (χ2v) is 5.01. The van der Waals surface area contributed by atoms with Crippen molar-refractivity contribution in [1.82, 2.24) is 5.32 Å². The number of hydrogen-bond acceptors (Lipinski definition) is 3. The summed E-state index contributed by atoms with van der Waals surface area (Å²) < 4.78 is 43.2. The first-order chi connectivity index (χ1) is 9.86. The van der Waals surface area contributed by atoms with Crippen LogP contribution in [0.1, 0.15) is 17.5 Å². The molecule has 4 nitrogen and oxygen atoms in total. The molecule has 1 atom stereocenters. The molecule has 0 aliphatic carbocycles. The van der Waals surface area contributed by atoms with E-state index in [2.05, 4.69) is 10.6 Å². The Morgan fingerprint density at radius 1 is 1.48 bits per heavy atom. The van der Waals surface area contributed by atoms with Crippen molar-refractivity contribution in [2.24, 2.45) is 0 Å². The van der Waals surface area contributed by atoms with Gasteiger partial charge in [0.1, 0.15) is 0 Å². The molecule has 1 aromatic rings. The van der Waals surface area contributed by atoms with Gasteiger partial charge in [0.2, 0.25) is 5.91 Å². The lowest BCUT2D eigenvalue weighted by Gasteiger charge is -2.23. The van der Waals surface area contributed by atoms with Gasteiger partial charge < -0.3 is 15.4 Å². The van der Waals surface area contributed by atoms with Gasteiger partial charge in [0.05, 0.1) is 18.8 Å². The minimum Gasteiger partial charge on any atom is -0.378 e. The number of rotatable bonds is 3. The molecule has 1 heterocycles. The van der Waals surface area contributed by atoms with Crippen molar-refractivity contribution >= 4 is 11.6 Å². The molecule has 1 aliphatic rings. The van der Waals surface area contributed by atoms with Crippen molar-refractivity contribution in [3.63, 3.8) is 0 Å². The maximum Gasteiger partial charge on any atom is 0.416 e. The SMILES string of the molecule is Cc1ccc(C(F)(F)F)cc1NC(=O)CC1COCCN1. The topological polar surface area (TPSA) is 50.4 Å². The summed E-state index contributed by atoms with van der Waals surface area (Å²) in [6.45, 7) is 3.35. The molecular formula is C14H17F3N2O2. The summed E-state index contributed by atoms with van der Waals surface area (Å²) in [6, 6.07) is 3.20. The molecule has 0 saturated carbocycles. The Morgan fingerprint density at radius 3 is 2.86 bits per heavy atom. The molecule has 1 unspecified atom stereocenters. The van der Waals surface area contributed by atoms with Crippen LogP contribution < -0.4 is 10.6 Å². The summed E-state index contributed by atoms with van der Waals surface area (Å²) in [5.74, 6) is -0.333. The van der Waals surface area contributed by atoms with Gasteiger partial charge in [0.15, 0.2) is 0 Å². The van der Waals surface area contributed by atoms with E-state index in [4.69, 9.17) is 4.74 Å². The van der Waals surface area contributed by atoms with Crippen LogP contribution in [0, 0.1) is 6.92 Å². The van der Waals surface area contributed by atoms with E-state index >= 15 is 0 Å². The number of carbonyl (C=O) groups excluding carboxylic acids is 1. The molecule has 116 valence electrons. The molecule has 7 heteroatoms. The Bertz CT molecular complexity index is 511. The highest BCUT2D eigenvalue weighted by Crippen LogP contribution is 2.32. The second-order valence-electron chi connectivity index (χ2n) is 5.01. The third kappa shape index (κ3) is 4.44. The lowest BCUT2D eigenvalue weighted by molar-refractivity contribution is -0.137. The third-order valence-electron chi connectivity index (χ3n) is 3.27. The molecule has 0 spiro atoms. The first kappa shape index (κ1) is 15.8. The smallest absolute Gasteiger partial charge is 0.378 e. The Kier molecular flexibility index (Phi) is 4.84. The van der Waals surface area contributed by atoms with Crippen molar-refractivity contribution in [1.29, 1.82) is 0 Å². The lowest BCUT2D eigenvalue weighted by atomic mass is 10.1.